The predicted molar refractivity (Wildman–Crippen MR) is 46.3 cm³/mol. The zero-order valence-corrected chi connectivity index (χ0v) is 7.96. The fourth-order valence-corrected chi connectivity index (χ4v) is 0.682. The molecule has 0 aliphatic rings. The fraction of sp³-hybridized carbons (Fsp3) is 0.750. The van der Waals surface area contributed by atoms with E-state index in [9.17, 15) is 9.59 Å². The molecule has 0 aromatic rings. The van der Waals surface area contributed by atoms with Gasteiger partial charge in [-0.05, 0) is 13.8 Å². The molecule has 0 atom stereocenters. The SMILES string of the molecule is CCOC(=O)CCNC(=O)OCC. The van der Waals surface area contributed by atoms with E-state index in [1.807, 2.05) is 0 Å². The molecular formula is C8H15NO4. The van der Waals surface area contributed by atoms with Gasteiger partial charge in [-0.15, -0.1) is 0 Å². The van der Waals surface area contributed by atoms with Gasteiger partial charge in [0.2, 0.25) is 0 Å². The molecule has 0 fully saturated rings. The monoisotopic (exact) mass is 189 g/mol. The minimum absolute atomic E-state index is 0.173. The van der Waals surface area contributed by atoms with Crippen LogP contribution in [-0.2, 0) is 14.3 Å². The number of ether oxygens (including phenoxy) is 2. The zero-order valence-electron chi connectivity index (χ0n) is 7.96. The standard InChI is InChI=1S/C8H15NO4/c1-3-12-7(10)5-6-9-8(11)13-4-2/h3-6H2,1-2H3,(H,9,11). The Kier molecular flexibility index (Phi) is 6.68. The molecule has 0 radical (unpaired) electrons. The van der Waals surface area contributed by atoms with Crippen molar-refractivity contribution in [3.8, 4) is 0 Å². The van der Waals surface area contributed by atoms with Gasteiger partial charge < -0.3 is 14.8 Å². The smallest absolute Gasteiger partial charge is 0.407 e. The van der Waals surface area contributed by atoms with Crippen LogP contribution in [0.2, 0.25) is 0 Å². The number of rotatable bonds is 5. The van der Waals surface area contributed by atoms with E-state index < -0.39 is 6.09 Å². The molecule has 0 bridgehead atoms. The van der Waals surface area contributed by atoms with Gasteiger partial charge in [0.25, 0.3) is 0 Å². The molecule has 0 rings (SSSR count). The molecule has 0 heterocycles. The summed E-state index contributed by atoms with van der Waals surface area (Å²) in [6.07, 6.45) is -0.334. The zero-order chi connectivity index (χ0) is 10.1. The Hall–Kier alpha value is -1.26. The third-order valence-corrected chi connectivity index (χ3v) is 1.18. The van der Waals surface area contributed by atoms with Gasteiger partial charge >= 0.3 is 12.1 Å². The number of carbonyl (C=O) groups is 2. The quantitative estimate of drug-likeness (QED) is 0.646. The fourth-order valence-electron chi connectivity index (χ4n) is 0.682. The summed E-state index contributed by atoms with van der Waals surface area (Å²) in [5.74, 6) is -0.320. The third kappa shape index (κ3) is 7.11. The molecule has 1 N–H and O–H groups in total. The Morgan fingerprint density at radius 2 is 1.77 bits per heavy atom. The van der Waals surface area contributed by atoms with E-state index in [0.717, 1.165) is 0 Å². The molecule has 0 aliphatic carbocycles. The third-order valence-electron chi connectivity index (χ3n) is 1.18. The minimum Gasteiger partial charge on any atom is -0.466 e. The highest BCUT2D eigenvalue weighted by atomic mass is 16.5. The van der Waals surface area contributed by atoms with Crippen LogP contribution in [0.1, 0.15) is 20.3 Å². The number of amides is 1. The molecule has 76 valence electrons. The number of hydrogen-bond donors (Lipinski definition) is 1. The molecule has 0 spiro atoms. The van der Waals surface area contributed by atoms with Gasteiger partial charge in [-0.2, -0.15) is 0 Å². The topological polar surface area (TPSA) is 64.6 Å². The number of carbonyl (C=O) groups excluding carboxylic acids is 2. The summed E-state index contributed by atoms with van der Waals surface area (Å²) in [5, 5.41) is 2.41. The lowest BCUT2D eigenvalue weighted by Crippen LogP contribution is -2.27. The summed E-state index contributed by atoms with van der Waals surface area (Å²) in [7, 11) is 0. The van der Waals surface area contributed by atoms with Gasteiger partial charge in [0.15, 0.2) is 0 Å². The molecule has 13 heavy (non-hydrogen) atoms. The molecule has 0 aliphatic heterocycles. The Morgan fingerprint density at radius 1 is 1.15 bits per heavy atom. The van der Waals surface area contributed by atoms with Crippen molar-refractivity contribution in [2.24, 2.45) is 0 Å². The van der Waals surface area contributed by atoms with Crippen LogP contribution in [0.4, 0.5) is 4.79 Å². The van der Waals surface area contributed by atoms with Crippen LogP contribution in [0.25, 0.3) is 0 Å². The van der Waals surface area contributed by atoms with Crippen LogP contribution in [0.15, 0.2) is 0 Å². The largest absolute Gasteiger partial charge is 0.466 e. The second kappa shape index (κ2) is 7.39. The molecule has 5 nitrogen and oxygen atoms in total. The maximum atomic E-state index is 10.8. The van der Waals surface area contributed by atoms with Crippen molar-refractivity contribution in [2.45, 2.75) is 20.3 Å². The average molecular weight is 189 g/mol. The lowest BCUT2D eigenvalue weighted by Gasteiger charge is -2.04. The summed E-state index contributed by atoms with van der Waals surface area (Å²) in [6, 6.07) is 0. The van der Waals surface area contributed by atoms with Gasteiger partial charge in [-0.1, -0.05) is 0 Å². The molecule has 0 unspecified atom stereocenters. The highest BCUT2D eigenvalue weighted by Crippen LogP contribution is 1.85. The summed E-state index contributed by atoms with van der Waals surface area (Å²) < 4.78 is 9.23. The predicted octanol–water partition coefficient (Wildman–Crippen LogP) is 0.686. The van der Waals surface area contributed by atoms with Gasteiger partial charge in [-0.25, -0.2) is 4.79 Å². The minimum atomic E-state index is -0.508. The molecular weight excluding hydrogens is 174 g/mol. The number of esters is 1. The Labute approximate surface area is 77.4 Å². The van der Waals surface area contributed by atoms with Crippen molar-refractivity contribution in [1.29, 1.82) is 0 Å². The first-order valence-corrected chi connectivity index (χ1v) is 4.27. The first-order valence-electron chi connectivity index (χ1n) is 4.27. The number of nitrogens with one attached hydrogen (secondary N) is 1. The van der Waals surface area contributed by atoms with Crippen LogP contribution >= 0.6 is 0 Å². The Bertz CT molecular complexity index is 152. The average Bonchev–Trinajstić information content (AvgIpc) is 2.05. The summed E-state index contributed by atoms with van der Waals surface area (Å²) in [4.78, 5) is 21.5. The van der Waals surface area contributed by atoms with Crippen molar-refractivity contribution >= 4 is 12.1 Å². The van der Waals surface area contributed by atoms with Crippen LogP contribution < -0.4 is 5.32 Å². The van der Waals surface area contributed by atoms with Crippen LogP contribution in [0.3, 0.4) is 0 Å². The second-order valence-corrected chi connectivity index (χ2v) is 2.20. The van der Waals surface area contributed by atoms with Crippen LogP contribution in [-0.4, -0.2) is 31.8 Å². The van der Waals surface area contributed by atoms with E-state index in [-0.39, 0.29) is 18.9 Å². The molecule has 0 saturated carbocycles. The van der Waals surface area contributed by atoms with Crippen molar-refractivity contribution in [3.63, 3.8) is 0 Å². The second-order valence-electron chi connectivity index (χ2n) is 2.20. The molecule has 0 aromatic heterocycles. The van der Waals surface area contributed by atoms with E-state index in [4.69, 9.17) is 0 Å². The first-order chi connectivity index (χ1) is 6.20. The number of hydrogen-bond acceptors (Lipinski definition) is 4. The lowest BCUT2D eigenvalue weighted by molar-refractivity contribution is -0.142. The normalized spacial score (nSPS) is 9.08. The van der Waals surface area contributed by atoms with Crippen molar-refractivity contribution in [1.82, 2.24) is 5.32 Å². The summed E-state index contributed by atoms with van der Waals surface area (Å²) >= 11 is 0. The van der Waals surface area contributed by atoms with E-state index in [2.05, 4.69) is 14.8 Å². The van der Waals surface area contributed by atoms with Crippen molar-refractivity contribution in [2.75, 3.05) is 19.8 Å². The Balaban J connectivity index is 3.33. The maximum Gasteiger partial charge on any atom is 0.407 e. The van der Waals surface area contributed by atoms with Gasteiger partial charge in [0.05, 0.1) is 19.6 Å². The van der Waals surface area contributed by atoms with Crippen molar-refractivity contribution in [3.05, 3.63) is 0 Å². The van der Waals surface area contributed by atoms with E-state index in [1.165, 1.54) is 0 Å². The highest BCUT2D eigenvalue weighted by molar-refractivity contribution is 5.71. The Morgan fingerprint density at radius 3 is 2.31 bits per heavy atom. The number of alkyl carbamates (subject to hydrolysis) is 1. The molecule has 5 heteroatoms. The van der Waals surface area contributed by atoms with Gasteiger partial charge in [0.1, 0.15) is 0 Å². The molecule has 0 saturated heterocycles. The van der Waals surface area contributed by atoms with E-state index in [1.54, 1.807) is 13.8 Å². The lowest BCUT2D eigenvalue weighted by atomic mass is 10.4. The van der Waals surface area contributed by atoms with Gasteiger partial charge in [0, 0.05) is 6.54 Å². The van der Waals surface area contributed by atoms with E-state index in [0.29, 0.717) is 13.2 Å². The maximum absolute atomic E-state index is 10.8. The summed E-state index contributed by atoms with van der Waals surface area (Å²) in [5.41, 5.74) is 0. The van der Waals surface area contributed by atoms with E-state index >= 15 is 0 Å². The molecule has 1 amide bonds. The van der Waals surface area contributed by atoms with Crippen LogP contribution in [0, 0.1) is 0 Å². The van der Waals surface area contributed by atoms with Crippen LogP contribution in [0.5, 0.6) is 0 Å². The van der Waals surface area contributed by atoms with Crippen molar-refractivity contribution < 1.29 is 19.1 Å². The molecule has 0 aromatic carbocycles. The summed E-state index contributed by atoms with van der Waals surface area (Å²) in [6.45, 7) is 4.38. The van der Waals surface area contributed by atoms with Gasteiger partial charge in [-0.3, -0.25) is 4.79 Å². The first kappa shape index (κ1) is 11.7. The highest BCUT2D eigenvalue weighted by Gasteiger charge is 2.03.